The van der Waals surface area contributed by atoms with Gasteiger partial charge in [-0.2, -0.15) is 0 Å². The largest absolute Gasteiger partial charge is 0.481 e. The molecule has 0 spiro atoms. The second-order valence-electron chi connectivity index (χ2n) is 13.9. The van der Waals surface area contributed by atoms with Crippen molar-refractivity contribution in [2.45, 2.75) is 219 Å². The van der Waals surface area contributed by atoms with Gasteiger partial charge in [-0.05, 0) is 64.2 Å². The van der Waals surface area contributed by atoms with Gasteiger partial charge < -0.3 is 10.4 Å². The quantitative estimate of drug-likeness (QED) is 0.0505. The van der Waals surface area contributed by atoms with Crippen LogP contribution in [0.3, 0.4) is 0 Å². The van der Waals surface area contributed by atoms with E-state index < -0.39 is 17.9 Å². The fraction of sp³-hybridized carbons (Fsp3) is 0.810. The van der Waals surface area contributed by atoms with Gasteiger partial charge in [0.2, 0.25) is 5.91 Å². The molecular weight excluding hydrogens is 598 g/mol. The first-order valence-electron chi connectivity index (χ1n) is 20.3. The fourth-order valence-electron chi connectivity index (χ4n) is 6.00. The molecule has 0 radical (unpaired) electrons. The molecule has 0 rings (SSSR count). The highest BCUT2D eigenvalue weighted by Gasteiger charge is 2.23. The summed E-state index contributed by atoms with van der Waals surface area (Å²) in [4.78, 5) is 48.9. The number of carbonyl (C=O) groups is 4. The van der Waals surface area contributed by atoms with Gasteiger partial charge in [-0.15, -0.1) is 0 Å². The van der Waals surface area contributed by atoms with Gasteiger partial charge in [0.25, 0.3) is 0 Å². The highest BCUT2D eigenvalue weighted by atomic mass is 16.4. The van der Waals surface area contributed by atoms with E-state index in [-0.39, 0.29) is 30.8 Å². The van der Waals surface area contributed by atoms with Crippen LogP contribution in [0.5, 0.6) is 0 Å². The number of carbonyl (C=O) groups excluding carboxylic acids is 3. The number of hydrogen-bond acceptors (Lipinski definition) is 4. The zero-order valence-electron chi connectivity index (χ0n) is 31.4. The summed E-state index contributed by atoms with van der Waals surface area (Å²) in [5, 5.41) is 11.6. The van der Waals surface area contributed by atoms with E-state index in [0.717, 1.165) is 70.6 Å². The molecule has 1 atom stereocenters. The summed E-state index contributed by atoms with van der Waals surface area (Å²) in [5.74, 6) is -1.65. The minimum absolute atomic E-state index is 0.00550. The Bertz CT molecular complexity index is 849. The Balaban J connectivity index is 4.18. The van der Waals surface area contributed by atoms with Crippen molar-refractivity contribution in [3.8, 4) is 0 Å². The van der Waals surface area contributed by atoms with Crippen LogP contribution in [-0.4, -0.2) is 34.6 Å². The average Bonchev–Trinajstić information content (AvgIpc) is 3.06. The van der Waals surface area contributed by atoms with Crippen molar-refractivity contribution < 1.29 is 24.3 Å². The van der Waals surface area contributed by atoms with Gasteiger partial charge in [-0.3, -0.25) is 19.2 Å². The normalized spacial score (nSPS) is 12.2. The molecule has 0 aliphatic heterocycles. The first kappa shape index (κ1) is 45.8. The lowest BCUT2D eigenvalue weighted by Gasteiger charge is -2.17. The van der Waals surface area contributed by atoms with Gasteiger partial charge in [0.15, 0.2) is 5.78 Å². The van der Waals surface area contributed by atoms with Crippen molar-refractivity contribution in [2.75, 3.05) is 0 Å². The lowest BCUT2D eigenvalue weighted by atomic mass is 9.97. The molecule has 0 bridgehead atoms. The molecule has 0 aliphatic rings. The van der Waals surface area contributed by atoms with Gasteiger partial charge in [-0.1, -0.05) is 141 Å². The number of unbranched alkanes of at least 4 members (excludes halogenated alkanes) is 22. The second kappa shape index (κ2) is 36.1. The van der Waals surface area contributed by atoms with E-state index in [4.69, 9.17) is 5.11 Å². The molecule has 0 aromatic rings. The third-order valence-corrected chi connectivity index (χ3v) is 9.12. The predicted molar refractivity (Wildman–Crippen MR) is 202 cm³/mol. The Morgan fingerprint density at radius 2 is 0.854 bits per heavy atom. The Hall–Kier alpha value is -2.24. The van der Waals surface area contributed by atoms with E-state index in [1.54, 1.807) is 0 Å². The molecule has 6 heteroatoms. The van der Waals surface area contributed by atoms with E-state index in [1.165, 1.54) is 96.3 Å². The maximum atomic E-state index is 13.0. The maximum absolute atomic E-state index is 13.0. The van der Waals surface area contributed by atoms with Crippen LogP contribution in [0.1, 0.15) is 213 Å². The monoisotopic (exact) mass is 674 g/mol. The van der Waals surface area contributed by atoms with Crippen LogP contribution >= 0.6 is 0 Å². The minimum atomic E-state index is -1.05. The molecule has 0 aliphatic carbocycles. The second-order valence-corrected chi connectivity index (χ2v) is 13.9. The number of amides is 1. The SMILES string of the molecule is CCCCCCCCC=CCCCCCCCC(=O)CC(NC(=O)CCC(=O)O)C(=O)CCCCCCCC=CCCCCCCCC. The van der Waals surface area contributed by atoms with E-state index in [2.05, 4.69) is 43.5 Å². The van der Waals surface area contributed by atoms with E-state index in [9.17, 15) is 19.2 Å². The Kier molecular flexibility index (Phi) is 34.4. The standard InChI is InChI=1S/C42H75NO5/c1-3-5-7-9-11-13-15-17-19-21-23-25-27-29-31-33-38(44)37-39(43-41(46)35-36-42(47)48)40(45)34-32-30-28-26-24-22-20-18-16-14-12-10-8-6-4-2/h17-20,39H,3-16,21-37H2,1-2H3,(H,43,46)(H,47,48). The van der Waals surface area contributed by atoms with Crippen LogP contribution in [0.25, 0.3) is 0 Å². The van der Waals surface area contributed by atoms with Crippen molar-refractivity contribution in [3.05, 3.63) is 24.3 Å². The van der Waals surface area contributed by atoms with E-state index in [0.29, 0.717) is 12.8 Å². The number of carboxylic acids is 1. The molecule has 0 aromatic carbocycles. The molecule has 278 valence electrons. The van der Waals surface area contributed by atoms with Crippen molar-refractivity contribution in [1.82, 2.24) is 5.32 Å². The zero-order valence-corrected chi connectivity index (χ0v) is 31.4. The zero-order chi connectivity index (χ0) is 35.3. The maximum Gasteiger partial charge on any atom is 0.303 e. The van der Waals surface area contributed by atoms with E-state index in [1.807, 2.05) is 0 Å². The summed E-state index contributed by atoms with van der Waals surface area (Å²) >= 11 is 0. The summed E-state index contributed by atoms with van der Waals surface area (Å²) in [6, 6.07) is -0.848. The number of nitrogens with one attached hydrogen (secondary N) is 1. The molecule has 0 aromatic heterocycles. The molecule has 1 amide bonds. The average molecular weight is 674 g/mol. The number of rotatable bonds is 37. The highest BCUT2D eigenvalue weighted by Crippen LogP contribution is 2.14. The third-order valence-electron chi connectivity index (χ3n) is 9.12. The number of allylic oxidation sites excluding steroid dienone is 4. The first-order chi connectivity index (χ1) is 23.4. The molecule has 6 nitrogen and oxygen atoms in total. The topological polar surface area (TPSA) is 101 Å². The first-order valence-corrected chi connectivity index (χ1v) is 20.3. The molecule has 0 heterocycles. The fourth-order valence-corrected chi connectivity index (χ4v) is 6.00. The number of ketones is 2. The molecule has 0 fully saturated rings. The minimum Gasteiger partial charge on any atom is -0.481 e. The predicted octanol–water partition coefficient (Wildman–Crippen LogP) is 11.9. The summed E-state index contributed by atoms with van der Waals surface area (Å²) in [7, 11) is 0. The van der Waals surface area contributed by atoms with Crippen LogP contribution in [0, 0.1) is 0 Å². The van der Waals surface area contributed by atoms with Crippen molar-refractivity contribution in [3.63, 3.8) is 0 Å². The number of Topliss-reactive ketones (excluding diaryl/α,β-unsaturated/α-hetero) is 2. The Labute approximate surface area is 295 Å². The number of carboxylic acid groups (broad SMARTS) is 1. The Morgan fingerprint density at radius 1 is 0.479 bits per heavy atom. The smallest absolute Gasteiger partial charge is 0.303 e. The van der Waals surface area contributed by atoms with Gasteiger partial charge in [-0.25, -0.2) is 0 Å². The number of aliphatic carboxylic acids is 1. The van der Waals surface area contributed by atoms with Crippen molar-refractivity contribution >= 4 is 23.4 Å². The van der Waals surface area contributed by atoms with Gasteiger partial charge in [0.1, 0.15) is 5.78 Å². The van der Waals surface area contributed by atoms with Gasteiger partial charge >= 0.3 is 5.97 Å². The molecular formula is C42H75NO5. The summed E-state index contributed by atoms with van der Waals surface area (Å²) in [5.41, 5.74) is 0. The molecule has 1 unspecified atom stereocenters. The van der Waals surface area contributed by atoms with Crippen LogP contribution in [-0.2, 0) is 19.2 Å². The summed E-state index contributed by atoms with van der Waals surface area (Å²) < 4.78 is 0. The summed E-state index contributed by atoms with van der Waals surface area (Å²) in [6.07, 6.45) is 40.5. The van der Waals surface area contributed by atoms with Crippen LogP contribution in [0.2, 0.25) is 0 Å². The highest BCUT2D eigenvalue weighted by molar-refractivity contribution is 5.94. The lowest BCUT2D eigenvalue weighted by Crippen LogP contribution is -2.42. The molecule has 2 N–H and O–H groups in total. The third kappa shape index (κ3) is 33.7. The molecule has 0 saturated carbocycles. The van der Waals surface area contributed by atoms with E-state index >= 15 is 0 Å². The van der Waals surface area contributed by atoms with Gasteiger partial charge in [0.05, 0.1) is 12.5 Å². The van der Waals surface area contributed by atoms with Gasteiger partial charge in [0, 0.05) is 25.7 Å². The summed E-state index contributed by atoms with van der Waals surface area (Å²) in [6.45, 7) is 4.50. The Morgan fingerprint density at radius 3 is 1.27 bits per heavy atom. The lowest BCUT2D eigenvalue weighted by molar-refractivity contribution is -0.139. The molecule has 48 heavy (non-hydrogen) atoms. The van der Waals surface area contributed by atoms with Crippen molar-refractivity contribution in [1.29, 1.82) is 0 Å². The van der Waals surface area contributed by atoms with Crippen molar-refractivity contribution in [2.24, 2.45) is 0 Å². The number of hydrogen-bond donors (Lipinski definition) is 2. The van der Waals surface area contributed by atoms with Crippen LogP contribution in [0.4, 0.5) is 0 Å². The van der Waals surface area contributed by atoms with Crippen LogP contribution < -0.4 is 5.32 Å². The molecule has 0 saturated heterocycles. The van der Waals surface area contributed by atoms with Crippen LogP contribution in [0.15, 0.2) is 24.3 Å².